The van der Waals surface area contributed by atoms with Crippen molar-refractivity contribution in [2.45, 2.75) is 38.3 Å². The number of carbonyl (C=O) groups is 1. The van der Waals surface area contributed by atoms with Gasteiger partial charge in [0.1, 0.15) is 0 Å². The second-order valence-corrected chi connectivity index (χ2v) is 5.23. The van der Waals surface area contributed by atoms with Crippen LogP contribution >= 0.6 is 0 Å². The fourth-order valence-electron chi connectivity index (χ4n) is 2.81. The normalized spacial score (nSPS) is 18.5. The Labute approximate surface area is 109 Å². The zero-order valence-electron chi connectivity index (χ0n) is 10.5. The van der Waals surface area contributed by atoms with Crippen LogP contribution in [0.5, 0.6) is 0 Å². The van der Waals surface area contributed by atoms with Crippen LogP contribution in [0.4, 0.5) is 13.2 Å². The zero-order chi connectivity index (χ0) is 14.1. The first-order valence-corrected chi connectivity index (χ1v) is 6.30. The SMILES string of the molecule is NC(=O)C1(Cc2cccc(C(F)(F)F)c2)CCCC1. The molecule has 104 valence electrons. The first kappa shape index (κ1) is 13.9. The fourth-order valence-corrected chi connectivity index (χ4v) is 2.81. The lowest BCUT2D eigenvalue weighted by Crippen LogP contribution is -2.36. The van der Waals surface area contributed by atoms with Crippen molar-refractivity contribution in [2.24, 2.45) is 11.1 Å². The predicted molar refractivity (Wildman–Crippen MR) is 65.2 cm³/mol. The van der Waals surface area contributed by atoms with Gasteiger partial charge in [-0.2, -0.15) is 13.2 Å². The molecule has 0 aliphatic heterocycles. The van der Waals surface area contributed by atoms with Crippen molar-refractivity contribution < 1.29 is 18.0 Å². The highest BCUT2D eigenvalue weighted by atomic mass is 19.4. The molecule has 0 bridgehead atoms. The maximum Gasteiger partial charge on any atom is 0.416 e. The Kier molecular flexibility index (Phi) is 3.56. The molecule has 0 spiro atoms. The van der Waals surface area contributed by atoms with E-state index >= 15 is 0 Å². The number of primary amides is 1. The van der Waals surface area contributed by atoms with Crippen molar-refractivity contribution in [1.29, 1.82) is 0 Å². The summed E-state index contributed by atoms with van der Waals surface area (Å²) in [6.45, 7) is 0. The summed E-state index contributed by atoms with van der Waals surface area (Å²) in [5.74, 6) is -0.401. The van der Waals surface area contributed by atoms with Crippen LogP contribution < -0.4 is 5.73 Å². The molecule has 0 atom stereocenters. The maximum absolute atomic E-state index is 12.6. The van der Waals surface area contributed by atoms with Gasteiger partial charge in [0.05, 0.1) is 11.0 Å². The lowest BCUT2D eigenvalue weighted by Gasteiger charge is -2.25. The minimum absolute atomic E-state index is 0.298. The number of hydrogen-bond acceptors (Lipinski definition) is 1. The largest absolute Gasteiger partial charge is 0.416 e. The van der Waals surface area contributed by atoms with E-state index in [-0.39, 0.29) is 0 Å². The van der Waals surface area contributed by atoms with E-state index in [1.165, 1.54) is 6.07 Å². The average molecular weight is 271 g/mol. The van der Waals surface area contributed by atoms with Gasteiger partial charge in [0.2, 0.25) is 5.91 Å². The molecule has 2 rings (SSSR count). The van der Waals surface area contributed by atoms with Gasteiger partial charge in [-0.1, -0.05) is 31.0 Å². The van der Waals surface area contributed by atoms with E-state index in [9.17, 15) is 18.0 Å². The van der Waals surface area contributed by atoms with Crippen LogP contribution in [-0.2, 0) is 17.4 Å². The second kappa shape index (κ2) is 4.87. The molecule has 0 unspecified atom stereocenters. The number of rotatable bonds is 3. The summed E-state index contributed by atoms with van der Waals surface area (Å²) in [7, 11) is 0. The van der Waals surface area contributed by atoms with E-state index in [0.29, 0.717) is 24.8 Å². The minimum Gasteiger partial charge on any atom is -0.369 e. The van der Waals surface area contributed by atoms with E-state index in [2.05, 4.69) is 0 Å². The first-order valence-electron chi connectivity index (χ1n) is 6.30. The summed E-state index contributed by atoms with van der Waals surface area (Å²) >= 11 is 0. The van der Waals surface area contributed by atoms with E-state index in [4.69, 9.17) is 5.73 Å². The zero-order valence-corrected chi connectivity index (χ0v) is 10.5. The Morgan fingerprint density at radius 3 is 2.42 bits per heavy atom. The third-order valence-electron chi connectivity index (χ3n) is 3.88. The number of hydrogen-bond donors (Lipinski definition) is 1. The topological polar surface area (TPSA) is 43.1 Å². The van der Waals surface area contributed by atoms with Gasteiger partial charge < -0.3 is 5.73 Å². The van der Waals surface area contributed by atoms with Gasteiger partial charge in [-0.25, -0.2) is 0 Å². The third kappa shape index (κ3) is 2.91. The lowest BCUT2D eigenvalue weighted by molar-refractivity contribution is -0.137. The molecule has 1 aliphatic rings. The molecule has 0 heterocycles. The summed E-state index contributed by atoms with van der Waals surface area (Å²) in [5.41, 5.74) is 4.63. The molecule has 2 nitrogen and oxygen atoms in total. The summed E-state index contributed by atoms with van der Waals surface area (Å²) in [4.78, 5) is 11.6. The van der Waals surface area contributed by atoms with Crippen LogP contribution in [0.3, 0.4) is 0 Å². The molecule has 0 saturated heterocycles. The van der Waals surface area contributed by atoms with Gasteiger partial charge in [-0.05, 0) is 30.9 Å². The summed E-state index contributed by atoms with van der Waals surface area (Å²) in [6.07, 6.45) is -0.918. The van der Waals surface area contributed by atoms with Crippen LogP contribution in [0.1, 0.15) is 36.8 Å². The number of benzene rings is 1. The van der Waals surface area contributed by atoms with Crippen LogP contribution in [0, 0.1) is 5.41 Å². The standard InChI is InChI=1S/C14H16F3NO/c15-14(16,17)11-5-3-4-10(8-11)9-13(12(18)19)6-1-2-7-13/h3-5,8H,1-2,6-7,9H2,(H2,18,19). The monoisotopic (exact) mass is 271 g/mol. The molecule has 1 fully saturated rings. The number of carbonyl (C=O) groups excluding carboxylic acids is 1. The number of nitrogens with two attached hydrogens (primary N) is 1. The van der Waals surface area contributed by atoms with Gasteiger partial charge >= 0.3 is 6.18 Å². The van der Waals surface area contributed by atoms with Crippen LogP contribution in [0.25, 0.3) is 0 Å². The number of amides is 1. The molecule has 1 aromatic carbocycles. The van der Waals surface area contributed by atoms with E-state index in [0.717, 1.165) is 25.0 Å². The molecule has 1 aromatic rings. The molecule has 1 aliphatic carbocycles. The summed E-state index contributed by atoms with van der Waals surface area (Å²) in [6, 6.07) is 5.15. The average Bonchev–Trinajstić information content (AvgIpc) is 2.78. The van der Waals surface area contributed by atoms with Crippen molar-refractivity contribution in [3.8, 4) is 0 Å². The highest BCUT2D eigenvalue weighted by Crippen LogP contribution is 2.41. The first-order chi connectivity index (χ1) is 8.83. The minimum atomic E-state index is -4.36. The van der Waals surface area contributed by atoms with Crippen molar-refractivity contribution in [2.75, 3.05) is 0 Å². The van der Waals surface area contributed by atoms with Gasteiger partial charge in [-0.15, -0.1) is 0 Å². The van der Waals surface area contributed by atoms with E-state index in [1.807, 2.05) is 0 Å². The number of halogens is 3. The molecule has 1 saturated carbocycles. The molecule has 2 N–H and O–H groups in total. The Hall–Kier alpha value is -1.52. The quantitative estimate of drug-likeness (QED) is 0.900. The van der Waals surface area contributed by atoms with Gasteiger partial charge in [0.15, 0.2) is 0 Å². The van der Waals surface area contributed by atoms with Crippen LogP contribution in [-0.4, -0.2) is 5.91 Å². The number of alkyl halides is 3. The third-order valence-corrected chi connectivity index (χ3v) is 3.88. The van der Waals surface area contributed by atoms with Gasteiger partial charge in [0, 0.05) is 0 Å². The second-order valence-electron chi connectivity index (χ2n) is 5.23. The van der Waals surface area contributed by atoms with Crippen molar-refractivity contribution in [3.63, 3.8) is 0 Å². The maximum atomic E-state index is 12.6. The Morgan fingerprint density at radius 2 is 1.89 bits per heavy atom. The van der Waals surface area contributed by atoms with Crippen LogP contribution in [0.15, 0.2) is 24.3 Å². The smallest absolute Gasteiger partial charge is 0.369 e. The van der Waals surface area contributed by atoms with Gasteiger partial charge in [0.25, 0.3) is 0 Å². The Bertz CT molecular complexity index is 476. The molecule has 0 aromatic heterocycles. The molecule has 0 radical (unpaired) electrons. The molecular weight excluding hydrogens is 255 g/mol. The highest BCUT2D eigenvalue weighted by molar-refractivity contribution is 5.81. The molecule has 1 amide bonds. The van der Waals surface area contributed by atoms with Crippen molar-refractivity contribution in [1.82, 2.24) is 0 Å². The van der Waals surface area contributed by atoms with Crippen molar-refractivity contribution in [3.05, 3.63) is 35.4 Å². The molecular formula is C14H16F3NO. The molecule has 19 heavy (non-hydrogen) atoms. The van der Waals surface area contributed by atoms with Gasteiger partial charge in [-0.3, -0.25) is 4.79 Å². The van der Waals surface area contributed by atoms with E-state index < -0.39 is 23.1 Å². The summed E-state index contributed by atoms with van der Waals surface area (Å²) < 4.78 is 37.9. The predicted octanol–water partition coefficient (Wildman–Crippen LogP) is 3.29. The summed E-state index contributed by atoms with van der Waals surface area (Å²) in [5, 5.41) is 0. The van der Waals surface area contributed by atoms with E-state index in [1.54, 1.807) is 6.07 Å². The van der Waals surface area contributed by atoms with Crippen LogP contribution in [0.2, 0.25) is 0 Å². The lowest BCUT2D eigenvalue weighted by atomic mass is 9.79. The van der Waals surface area contributed by atoms with Crippen molar-refractivity contribution >= 4 is 5.91 Å². The Balaban J connectivity index is 2.25. The fraction of sp³-hybridized carbons (Fsp3) is 0.500. The Morgan fingerprint density at radius 1 is 1.26 bits per heavy atom. The highest BCUT2D eigenvalue weighted by Gasteiger charge is 2.40. The molecule has 5 heteroatoms.